The van der Waals surface area contributed by atoms with Gasteiger partial charge in [-0.15, -0.1) is 0 Å². The van der Waals surface area contributed by atoms with Crippen LogP contribution in [0.4, 0.5) is 0 Å². The quantitative estimate of drug-likeness (QED) is 0.736. The van der Waals surface area contributed by atoms with Crippen LogP contribution in [0.25, 0.3) is 0 Å². The molecule has 0 radical (unpaired) electrons. The molecular weight excluding hydrogens is 266 g/mol. The van der Waals surface area contributed by atoms with Crippen LogP contribution in [-0.4, -0.2) is 0 Å². The molecule has 0 spiro atoms. The van der Waals surface area contributed by atoms with E-state index in [4.69, 9.17) is 11.6 Å². The first-order valence-corrected chi connectivity index (χ1v) is 7.65. The maximum absolute atomic E-state index is 6.29. The zero-order chi connectivity index (χ0) is 14.4. The van der Waals surface area contributed by atoms with Crippen molar-refractivity contribution in [2.24, 2.45) is 0 Å². The van der Waals surface area contributed by atoms with Gasteiger partial charge in [-0.1, -0.05) is 73.5 Å². The van der Waals surface area contributed by atoms with Gasteiger partial charge in [0.05, 0.1) is 0 Å². The minimum absolute atomic E-state index is 0.237. The van der Waals surface area contributed by atoms with Crippen LogP contribution in [0.5, 0.6) is 0 Å². The van der Waals surface area contributed by atoms with Gasteiger partial charge in [-0.3, -0.25) is 0 Å². The molecular formula is C18H22ClN. The van der Waals surface area contributed by atoms with Crippen LogP contribution in [0.2, 0.25) is 5.02 Å². The highest BCUT2D eigenvalue weighted by Gasteiger charge is 2.15. The molecule has 106 valence electrons. The fourth-order valence-electron chi connectivity index (χ4n) is 2.54. The van der Waals surface area contributed by atoms with Crippen molar-refractivity contribution in [3.8, 4) is 0 Å². The summed E-state index contributed by atoms with van der Waals surface area (Å²) in [5.74, 6) is 0. The Morgan fingerprint density at radius 2 is 1.65 bits per heavy atom. The van der Waals surface area contributed by atoms with E-state index in [1.807, 2.05) is 18.2 Å². The van der Waals surface area contributed by atoms with Crippen LogP contribution >= 0.6 is 11.6 Å². The lowest BCUT2D eigenvalue weighted by Gasteiger charge is -2.24. The molecule has 2 aromatic rings. The summed E-state index contributed by atoms with van der Waals surface area (Å²) in [5.41, 5.74) is 2.50. The van der Waals surface area contributed by atoms with Crippen LogP contribution in [0, 0.1) is 0 Å². The number of hydrogen-bond acceptors (Lipinski definition) is 1. The topological polar surface area (TPSA) is 12.0 Å². The van der Waals surface area contributed by atoms with Crippen molar-refractivity contribution in [2.75, 3.05) is 0 Å². The Morgan fingerprint density at radius 1 is 1.00 bits per heavy atom. The van der Waals surface area contributed by atoms with Crippen molar-refractivity contribution in [3.63, 3.8) is 0 Å². The van der Waals surface area contributed by atoms with Gasteiger partial charge in [0.15, 0.2) is 0 Å². The van der Waals surface area contributed by atoms with Crippen molar-refractivity contribution < 1.29 is 0 Å². The number of rotatable bonds is 6. The van der Waals surface area contributed by atoms with Gasteiger partial charge < -0.3 is 5.32 Å². The van der Waals surface area contributed by atoms with E-state index in [9.17, 15) is 0 Å². The summed E-state index contributed by atoms with van der Waals surface area (Å²) in [5, 5.41) is 4.54. The van der Waals surface area contributed by atoms with E-state index in [1.165, 1.54) is 5.56 Å². The van der Waals surface area contributed by atoms with Crippen molar-refractivity contribution in [2.45, 2.75) is 38.8 Å². The van der Waals surface area contributed by atoms with E-state index >= 15 is 0 Å². The highest BCUT2D eigenvalue weighted by Crippen LogP contribution is 2.27. The third-order valence-corrected chi connectivity index (χ3v) is 3.95. The summed E-state index contributed by atoms with van der Waals surface area (Å²) in [6.45, 7) is 4.39. The molecule has 0 aromatic heterocycles. The first kappa shape index (κ1) is 15.1. The molecule has 20 heavy (non-hydrogen) atoms. The number of nitrogens with one attached hydrogen (secondary N) is 1. The van der Waals surface area contributed by atoms with E-state index in [1.54, 1.807) is 0 Å². The molecule has 0 amide bonds. The van der Waals surface area contributed by atoms with Gasteiger partial charge in [-0.05, 0) is 30.5 Å². The average Bonchev–Trinajstić information content (AvgIpc) is 2.48. The monoisotopic (exact) mass is 287 g/mol. The van der Waals surface area contributed by atoms with Crippen molar-refractivity contribution >= 4 is 11.6 Å². The minimum Gasteiger partial charge on any atom is -0.303 e. The standard InChI is InChI=1S/C18H22ClN/c1-3-9-18(15-10-5-4-6-11-15)20-14(2)16-12-7-8-13-17(16)19/h4-8,10-14,18,20H,3,9H2,1-2H3/t14-,18?/m0/s1. The summed E-state index contributed by atoms with van der Waals surface area (Å²) < 4.78 is 0. The van der Waals surface area contributed by atoms with E-state index in [2.05, 4.69) is 55.6 Å². The molecule has 1 nitrogen and oxygen atoms in total. The molecule has 1 unspecified atom stereocenters. The predicted molar refractivity (Wildman–Crippen MR) is 87.1 cm³/mol. The molecule has 2 heteroatoms. The smallest absolute Gasteiger partial charge is 0.0453 e. The molecule has 0 heterocycles. The van der Waals surface area contributed by atoms with E-state index in [0.717, 1.165) is 23.4 Å². The largest absolute Gasteiger partial charge is 0.303 e. The van der Waals surface area contributed by atoms with E-state index in [0.29, 0.717) is 6.04 Å². The number of benzene rings is 2. The Balaban J connectivity index is 2.14. The molecule has 0 aliphatic heterocycles. The third-order valence-electron chi connectivity index (χ3n) is 3.60. The Bertz CT molecular complexity index is 524. The highest BCUT2D eigenvalue weighted by molar-refractivity contribution is 6.31. The second-order valence-corrected chi connectivity index (χ2v) is 5.57. The van der Waals surface area contributed by atoms with Gasteiger partial charge in [-0.25, -0.2) is 0 Å². The van der Waals surface area contributed by atoms with Gasteiger partial charge in [0.1, 0.15) is 0 Å². The maximum Gasteiger partial charge on any atom is 0.0453 e. The lowest BCUT2D eigenvalue weighted by molar-refractivity contribution is 0.439. The molecule has 0 saturated carbocycles. The zero-order valence-electron chi connectivity index (χ0n) is 12.1. The van der Waals surface area contributed by atoms with Gasteiger partial charge >= 0.3 is 0 Å². The predicted octanol–water partition coefficient (Wildman–Crippen LogP) is 5.53. The molecule has 0 fully saturated rings. The fourth-order valence-corrected chi connectivity index (χ4v) is 2.84. The molecule has 2 rings (SSSR count). The summed E-state index contributed by atoms with van der Waals surface area (Å²) in [7, 11) is 0. The number of halogens is 1. The molecule has 1 N–H and O–H groups in total. The first-order valence-electron chi connectivity index (χ1n) is 7.27. The minimum atomic E-state index is 0.237. The highest BCUT2D eigenvalue weighted by atomic mass is 35.5. The van der Waals surface area contributed by atoms with Crippen LogP contribution in [-0.2, 0) is 0 Å². The molecule has 2 atom stereocenters. The van der Waals surface area contributed by atoms with Crippen molar-refractivity contribution in [1.82, 2.24) is 5.32 Å². The molecule has 0 aliphatic rings. The van der Waals surface area contributed by atoms with Crippen LogP contribution in [0.15, 0.2) is 54.6 Å². The Morgan fingerprint density at radius 3 is 2.30 bits per heavy atom. The lowest BCUT2D eigenvalue weighted by atomic mass is 9.99. The maximum atomic E-state index is 6.29. The van der Waals surface area contributed by atoms with Crippen LogP contribution in [0.3, 0.4) is 0 Å². The van der Waals surface area contributed by atoms with Gasteiger partial charge in [-0.2, -0.15) is 0 Å². The molecule has 2 aromatic carbocycles. The van der Waals surface area contributed by atoms with Crippen molar-refractivity contribution in [3.05, 3.63) is 70.7 Å². The first-order chi connectivity index (χ1) is 9.72. The summed E-state index contributed by atoms with van der Waals surface area (Å²) in [4.78, 5) is 0. The van der Waals surface area contributed by atoms with Gasteiger partial charge in [0.2, 0.25) is 0 Å². The summed E-state index contributed by atoms with van der Waals surface area (Å²) >= 11 is 6.29. The second-order valence-electron chi connectivity index (χ2n) is 5.16. The van der Waals surface area contributed by atoms with Gasteiger partial charge in [0, 0.05) is 17.1 Å². The lowest BCUT2D eigenvalue weighted by Crippen LogP contribution is -2.24. The SMILES string of the molecule is CCCC(N[C@@H](C)c1ccccc1Cl)c1ccccc1. The van der Waals surface area contributed by atoms with E-state index in [-0.39, 0.29) is 6.04 Å². The fraction of sp³-hybridized carbons (Fsp3) is 0.333. The van der Waals surface area contributed by atoms with E-state index < -0.39 is 0 Å². The Hall–Kier alpha value is -1.31. The molecule has 0 bridgehead atoms. The molecule has 0 saturated heterocycles. The molecule has 0 aliphatic carbocycles. The van der Waals surface area contributed by atoms with Crippen molar-refractivity contribution in [1.29, 1.82) is 0 Å². The normalized spacial score (nSPS) is 13.9. The zero-order valence-corrected chi connectivity index (χ0v) is 12.9. The summed E-state index contributed by atoms with van der Waals surface area (Å²) in [6.07, 6.45) is 2.28. The summed E-state index contributed by atoms with van der Waals surface area (Å²) in [6, 6.07) is 19.3. The average molecular weight is 288 g/mol. The Kier molecular flexibility index (Phi) is 5.63. The number of hydrogen-bond donors (Lipinski definition) is 1. The van der Waals surface area contributed by atoms with Gasteiger partial charge in [0.25, 0.3) is 0 Å². The van der Waals surface area contributed by atoms with Crippen LogP contribution in [0.1, 0.15) is 49.9 Å². The Labute approximate surface area is 127 Å². The second kappa shape index (κ2) is 7.47. The van der Waals surface area contributed by atoms with Crippen LogP contribution < -0.4 is 5.32 Å². The third kappa shape index (κ3) is 3.84.